The molecule has 2 aliphatic carbocycles. The van der Waals surface area contributed by atoms with Gasteiger partial charge in [0.25, 0.3) is 0 Å². The normalized spacial score (nSPS) is 18.5. The number of rotatable bonds is 5. The molecule has 4 aromatic carbocycles. The predicted octanol–water partition coefficient (Wildman–Crippen LogP) is 10.8. The van der Waals surface area contributed by atoms with E-state index in [0.717, 1.165) is 6.42 Å². The molecule has 190 valence electrons. The van der Waals surface area contributed by atoms with Gasteiger partial charge in [-0.25, -0.2) is 0 Å². The fourth-order valence-corrected chi connectivity index (χ4v) is 28.5. The van der Waals surface area contributed by atoms with Gasteiger partial charge in [0, 0.05) is 0 Å². The second kappa shape index (κ2) is 9.71. The summed E-state index contributed by atoms with van der Waals surface area (Å²) < 4.78 is 2.42. The van der Waals surface area contributed by atoms with E-state index in [-0.39, 0.29) is 7.25 Å². The molecule has 0 N–H and O–H groups in total. The van der Waals surface area contributed by atoms with E-state index in [1.54, 1.807) is 0 Å². The second-order valence-corrected chi connectivity index (χ2v) is 31.8. The second-order valence-electron chi connectivity index (χ2n) is 10.8. The number of halogens is 2. The minimum absolute atomic E-state index is 0.0260. The van der Waals surface area contributed by atoms with Crippen molar-refractivity contribution in [2.45, 2.75) is 34.4 Å². The van der Waals surface area contributed by atoms with Crippen LogP contribution in [-0.2, 0) is 15.9 Å². The monoisotopic (exact) mass is 612 g/mol. The van der Waals surface area contributed by atoms with E-state index in [2.05, 4.69) is 134 Å². The number of fused-ring (bicyclic) bond motifs is 2. The fraction of sp³-hybridized carbons (Fsp3) is 0.171. The molecule has 3 heteroatoms. The number of hydrogen-bond donors (Lipinski definition) is 0. The van der Waals surface area contributed by atoms with Crippen molar-refractivity contribution >= 4 is 32.9 Å². The summed E-state index contributed by atoms with van der Waals surface area (Å²) in [5, 5.41) is 0. The summed E-state index contributed by atoms with van der Waals surface area (Å²) in [6.45, 7) is 6.65. The maximum absolute atomic E-state index is 8.19. The summed E-state index contributed by atoms with van der Waals surface area (Å²) in [5.74, 6) is 0. The van der Waals surface area contributed by atoms with Crippen LogP contribution in [0.25, 0.3) is 34.4 Å². The molecule has 4 aromatic rings. The molecule has 38 heavy (non-hydrogen) atoms. The molecule has 0 aromatic heterocycles. The van der Waals surface area contributed by atoms with Gasteiger partial charge in [-0.05, 0) is 0 Å². The fourth-order valence-electron chi connectivity index (χ4n) is 7.10. The van der Waals surface area contributed by atoms with E-state index in [4.69, 9.17) is 17.0 Å². The number of hydrogen-bond acceptors (Lipinski definition) is 0. The summed E-state index contributed by atoms with van der Waals surface area (Å²) in [4.78, 5) is 0. The molecule has 0 saturated heterocycles. The van der Waals surface area contributed by atoms with Gasteiger partial charge in [-0.3, -0.25) is 0 Å². The molecular formula is C35H32Cl2Zr. The number of allylic oxidation sites excluding steroid dienone is 2. The van der Waals surface area contributed by atoms with Gasteiger partial charge in [-0.15, -0.1) is 0 Å². The SMILES string of the molecule is CC[CH]=[Zr]([Cl])([Cl])([CH]1C(C)=Cc2c(-c3ccccc3)cccc21)[CH]1C(C)=Cc2c(-c3ccccc3)cccc21. The van der Waals surface area contributed by atoms with Gasteiger partial charge in [0.15, 0.2) is 0 Å². The molecule has 0 aliphatic heterocycles. The van der Waals surface area contributed by atoms with Gasteiger partial charge in [0.1, 0.15) is 0 Å². The third kappa shape index (κ3) is 4.02. The third-order valence-corrected chi connectivity index (χ3v) is 27.5. The van der Waals surface area contributed by atoms with Crippen molar-refractivity contribution in [3.05, 3.63) is 130 Å². The Morgan fingerprint density at radius 1 is 0.605 bits per heavy atom. The molecule has 0 bridgehead atoms. The Hall–Kier alpha value is -2.31. The molecule has 0 nitrogen and oxygen atoms in total. The summed E-state index contributed by atoms with van der Waals surface area (Å²) in [6, 6.07) is 34.6. The molecule has 2 aliphatic rings. The van der Waals surface area contributed by atoms with Crippen molar-refractivity contribution in [3.63, 3.8) is 0 Å². The molecule has 0 fully saturated rings. The molecule has 2 atom stereocenters. The van der Waals surface area contributed by atoms with Crippen molar-refractivity contribution in [2.24, 2.45) is 0 Å². The quantitative estimate of drug-likeness (QED) is 0.210. The summed E-state index contributed by atoms with van der Waals surface area (Å²) >= 11 is -4.80. The maximum atomic E-state index is 8.19. The van der Waals surface area contributed by atoms with Gasteiger partial charge in [-0.2, -0.15) is 0 Å². The van der Waals surface area contributed by atoms with Crippen molar-refractivity contribution in [3.8, 4) is 22.3 Å². The van der Waals surface area contributed by atoms with Crippen LogP contribution in [0, 0.1) is 0 Å². The molecule has 0 amide bonds. The Kier molecular flexibility index (Phi) is 6.63. The van der Waals surface area contributed by atoms with E-state index < -0.39 is 15.9 Å². The molecule has 2 unspecified atom stereocenters. The van der Waals surface area contributed by atoms with Gasteiger partial charge < -0.3 is 0 Å². The van der Waals surface area contributed by atoms with Gasteiger partial charge in [0.05, 0.1) is 0 Å². The molecular weight excluding hydrogens is 583 g/mol. The van der Waals surface area contributed by atoms with E-state index in [1.165, 1.54) is 55.7 Å². The van der Waals surface area contributed by atoms with Crippen LogP contribution in [0.1, 0.15) is 56.7 Å². The zero-order valence-corrected chi connectivity index (χ0v) is 26.1. The van der Waals surface area contributed by atoms with E-state index in [9.17, 15) is 0 Å². The first kappa shape index (κ1) is 25.9. The van der Waals surface area contributed by atoms with Crippen LogP contribution >= 0.6 is 17.0 Å². The first-order valence-electron chi connectivity index (χ1n) is 13.5. The molecule has 0 spiro atoms. The first-order chi connectivity index (χ1) is 18.3. The standard InChI is InChI=1S/2C16H13.C3H6.2ClH.Zr/c2*1-12-10-14-8-5-9-15(16(14)11-12)13-6-3-2-4-7-13;1-3-2;;;/h2*2-11H,1H3;1H,3H2,2H3;2*1H;/q;;;;;+2/p-2. The molecule has 6 rings (SSSR count). The predicted molar refractivity (Wildman–Crippen MR) is 165 cm³/mol. The minimum atomic E-state index is -4.80. The Bertz CT molecular complexity index is 1550. The van der Waals surface area contributed by atoms with Crippen LogP contribution in [-0.4, -0.2) is 3.71 Å². The van der Waals surface area contributed by atoms with Crippen molar-refractivity contribution in [2.75, 3.05) is 0 Å². The Balaban J connectivity index is 1.56. The zero-order chi connectivity index (χ0) is 26.5. The zero-order valence-electron chi connectivity index (χ0n) is 22.1. The van der Waals surface area contributed by atoms with Crippen LogP contribution in [0.15, 0.2) is 108 Å². The van der Waals surface area contributed by atoms with Crippen LogP contribution in [0.4, 0.5) is 0 Å². The summed E-state index contributed by atoms with van der Waals surface area (Å²) in [6.07, 6.45) is 5.55. The van der Waals surface area contributed by atoms with Crippen LogP contribution in [0.2, 0.25) is 0 Å². The molecule has 0 saturated carbocycles. The topological polar surface area (TPSA) is 0 Å². The van der Waals surface area contributed by atoms with E-state index >= 15 is 0 Å². The van der Waals surface area contributed by atoms with Crippen LogP contribution in [0.3, 0.4) is 0 Å². The van der Waals surface area contributed by atoms with Gasteiger partial charge in [-0.1, -0.05) is 0 Å². The Morgan fingerprint density at radius 2 is 1.03 bits per heavy atom. The van der Waals surface area contributed by atoms with Crippen molar-refractivity contribution in [1.82, 2.24) is 0 Å². The Labute approximate surface area is 234 Å². The molecule has 0 heterocycles. The van der Waals surface area contributed by atoms with Crippen molar-refractivity contribution < 1.29 is 15.9 Å². The van der Waals surface area contributed by atoms with Gasteiger partial charge >= 0.3 is 236 Å². The average molecular weight is 615 g/mol. The Morgan fingerprint density at radius 3 is 1.42 bits per heavy atom. The van der Waals surface area contributed by atoms with E-state index in [1.807, 2.05) is 0 Å². The third-order valence-electron chi connectivity index (χ3n) is 8.42. The average Bonchev–Trinajstić information content (AvgIpc) is 3.46. The van der Waals surface area contributed by atoms with E-state index in [0.29, 0.717) is 0 Å². The first-order valence-corrected chi connectivity index (χ1v) is 24.1. The number of benzene rings is 4. The van der Waals surface area contributed by atoms with Gasteiger partial charge in [0.2, 0.25) is 0 Å². The summed E-state index contributed by atoms with van der Waals surface area (Å²) in [7, 11) is 16.4. The molecule has 0 radical (unpaired) electrons. The van der Waals surface area contributed by atoms with Crippen molar-refractivity contribution in [1.29, 1.82) is 0 Å². The summed E-state index contributed by atoms with van der Waals surface area (Å²) in [5.41, 5.74) is 12.6. The van der Waals surface area contributed by atoms with Crippen LogP contribution in [0.5, 0.6) is 0 Å². The van der Waals surface area contributed by atoms with Crippen LogP contribution < -0.4 is 0 Å².